The molecule has 108 valence electrons. The zero-order valence-corrected chi connectivity index (χ0v) is 12.1. The van der Waals surface area contributed by atoms with Crippen LogP contribution in [0, 0.1) is 5.92 Å². The molecule has 0 aliphatic carbocycles. The van der Waals surface area contributed by atoms with Crippen LogP contribution in [0.4, 0.5) is 0 Å². The molecular formula is C13H23N3O3. The van der Waals surface area contributed by atoms with E-state index >= 15 is 0 Å². The summed E-state index contributed by atoms with van der Waals surface area (Å²) in [5, 5.41) is 16.2. The van der Waals surface area contributed by atoms with Gasteiger partial charge in [-0.25, -0.2) is 0 Å². The lowest BCUT2D eigenvalue weighted by atomic mass is 9.93. The summed E-state index contributed by atoms with van der Waals surface area (Å²) in [6.45, 7) is 8.16. The van der Waals surface area contributed by atoms with E-state index in [9.17, 15) is 9.90 Å². The quantitative estimate of drug-likeness (QED) is 0.750. The van der Waals surface area contributed by atoms with E-state index in [1.807, 2.05) is 13.8 Å². The van der Waals surface area contributed by atoms with Crippen LogP contribution in [-0.2, 0) is 17.8 Å². The molecule has 6 heteroatoms. The highest BCUT2D eigenvalue weighted by Gasteiger charge is 2.34. The SMILES string of the molecule is CCC(CC)(NCc1noc(CC(C)C)n1)C(=O)O. The predicted octanol–water partition coefficient (Wildman–Crippen LogP) is 2.00. The molecule has 0 saturated heterocycles. The van der Waals surface area contributed by atoms with Gasteiger partial charge in [0.25, 0.3) is 0 Å². The van der Waals surface area contributed by atoms with Gasteiger partial charge < -0.3 is 9.63 Å². The van der Waals surface area contributed by atoms with Crippen LogP contribution in [0.25, 0.3) is 0 Å². The fourth-order valence-electron chi connectivity index (χ4n) is 1.92. The summed E-state index contributed by atoms with van der Waals surface area (Å²) in [6.07, 6.45) is 1.75. The van der Waals surface area contributed by atoms with Gasteiger partial charge in [-0.3, -0.25) is 10.1 Å². The number of aromatic nitrogens is 2. The molecule has 1 aromatic rings. The molecule has 0 atom stereocenters. The number of hydrogen-bond acceptors (Lipinski definition) is 5. The van der Waals surface area contributed by atoms with Crippen LogP contribution in [-0.4, -0.2) is 26.8 Å². The topological polar surface area (TPSA) is 88.3 Å². The van der Waals surface area contributed by atoms with Gasteiger partial charge in [-0.1, -0.05) is 32.9 Å². The number of hydrogen-bond donors (Lipinski definition) is 2. The van der Waals surface area contributed by atoms with E-state index < -0.39 is 11.5 Å². The van der Waals surface area contributed by atoms with Crippen molar-refractivity contribution in [1.29, 1.82) is 0 Å². The van der Waals surface area contributed by atoms with Crippen molar-refractivity contribution in [2.75, 3.05) is 0 Å². The first kappa shape index (κ1) is 15.6. The van der Waals surface area contributed by atoms with Crippen molar-refractivity contribution in [2.24, 2.45) is 5.92 Å². The van der Waals surface area contributed by atoms with Crippen molar-refractivity contribution in [3.8, 4) is 0 Å². The Hall–Kier alpha value is -1.43. The van der Waals surface area contributed by atoms with Gasteiger partial charge in [-0.05, 0) is 18.8 Å². The van der Waals surface area contributed by atoms with Crippen LogP contribution in [0.3, 0.4) is 0 Å². The van der Waals surface area contributed by atoms with Crippen molar-refractivity contribution < 1.29 is 14.4 Å². The zero-order chi connectivity index (χ0) is 14.5. The molecule has 19 heavy (non-hydrogen) atoms. The van der Waals surface area contributed by atoms with E-state index in [-0.39, 0.29) is 0 Å². The van der Waals surface area contributed by atoms with Crippen molar-refractivity contribution in [3.05, 3.63) is 11.7 Å². The van der Waals surface area contributed by atoms with Gasteiger partial charge in [-0.15, -0.1) is 0 Å². The Morgan fingerprint density at radius 1 is 1.42 bits per heavy atom. The zero-order valence-electron chi connectivity index (χ0n) is 12.1. The van der Waals surface area contributed by atoms with E-state index in [2.05, 4.69) is 29.3 Å². The van der Waals surface area contributed by atoms with E-state index in [1.54, 1.807) is 0 Å². The maximum Gasteiger partial charge on any atom is 0.323 e. The van der Waals surface area contributed by atoms with Crippen molar-refractivity contribution >= 4 is 5.97 Å². The molecule has 1 rings (SSSR count). The summed E-state index contributed by atoms with van der Waals surface area (Å²) >= 11 is 0. The Bertz CT molecular complexity index is 411. The van der Waals surface area contributed by atoms with Gasteiger partial charge in [0.05, 0.1) is 6.54 Å². The van der Waals surface area contributed by atoms with Gasteiger partial charge in [0.15, 0.2) is 5.82 Å². The molecule has 0 amide bonds. The Kier molecular flexibility index (Phi) is 5.47. The third-order valence-corrected chi connectivity index (χ3v) is 3.29. The van der Waals surface area contributed by atoms with Crippen molar-refractivity contribution in [3.63, 3.8) is 0 Å². The summed E-state index contributed by atoms with van der Waals surface area (Å²) in [4.78, 5) is 15.6. The van der Waals surface area contributed by atoms with Crippen LogP contribution >= 0.6 is 0 Å². The maximum absolute atomic E-state index is 11.3. The minimum Gasteiger partial charge on any atom is -0.480 e. The minimum absolute atomic E-state index is 0.301. The second kappa shape index (κ2) is 6.65. The number of carboxylic acids is 1. The number of nitrogens with one attached hydrogen (secondary N) is 1. The number of carbonyl (C=O) groups is 1. The maximum atomic E-state index is 11.3. The molecule has 0 aromatic carbocycles. The van der Waals surface area contributed by atoms with Gasteiger partial charge in [0, 0.05) is 6.42 Å². The Morgan fingerprint density at radius 2 is 2.05 bits per heavy atom. The normalized spacial score (nSPS) is 12.1. The monoisotopic (exact) mass is 269 g/mol. The average molecular weight is 269 g/mol. The van der Waals surface area contributed by atoms with Crippen LogP contribution in [0.1, 0.15) is 52.3 Å². The van der Waals surface area contributed by atoms with Crippen LogP contribution in [0.15, 0.2) is 4.52 Å². The second-order valence-corrected chi connectivity index (χ2v) is 5.15. The molecule has 1 aromatic heterocycles. The van der Waals surface area contributed by atoms with E-state index in [1.165, 1.54) is 0 Å². The highest BCUT2D eigenvalue weighted by atomic mass is 16.5. The fraction of sp³-hybridized carbons (Fsp3) is 0.769. The highest BCUT2D eigenvalue weighted by molar-refractivity contribution is 5.78. The lowest BCUT2D eigenvalue weighted by molar-refractivity contribution is -0.145. The summed E-state index contributed by atoms with van der Waals surface area (Å²) in [5.41, 5.74) is -0.918. The molecule has 0 saturated carbocycles. The molecule has 0 bridgehead atoms. The standard InChI is InChI=1S/C13H23N3O3/c1-5-13(6-2,12(17)18)14-8-10-15-11(19-16-10)7-9(3)4/h9,14H,5-8H2,1-4H3,(H,17,18). The molecule has 0 aliphatic rings. The first-order valence-electron chi connectivity index (χ1n) is 6.73. The van der Waals surface area contributed by atoms with E-state index in [4.69, 9.17) is 4.52 Å². The lowest BCUT2D eigenvalue weighted by Gasteiger charge is -2.27. The van der Waals surface area contributed by atoms with E-state index in [0.29, 0.717) is 37.0 Å². The molecule has 0 aliphatic heterocycles. The molecule has 6 nitrogen and oxygen atoms in total. The summed E-state index contributed by atoms with van der Waals surface area (Å²) in [6, 6.07) is 0. The number of carboxylic acid groups (broad SMARTS) is 1. The summed E-state index contributed by atoms with van der Waals surface area (Å²) in [7, 11) is 0. The largest absolute Gasteiger partial charge is 0.480 e. The van der Waals surface area contributed by atoms with Crippen molar-refractivity contribution in [1.82, 2.24) is 15.5 Å². The third kappa shape index (κ3) is 4.02. The number of rotatable bonds is 8. The molecular weight excluding hydrogens is 246 g/mol. The Balaban J connectivity index is 2.64. The van der Waals surface area contributed by atoms with Gasteiger partial charge in [-0.2, -0.15) is 4.98 Å². The summed E-state index contributed by atoms with van der Waals surface area (Å²) < 4.78 is 5.12. The molecule has 1 heterocycles. The second-order valence-electron chi connectivity index (χ2n) is 5.15. The van der Waals surface area contributed by atoms with Crippen molar-refractivity contribution in [2.45, 2.75) is 59.0 Å². The molecule has 0 radical (unpaired) electrons. The van der Waals surface area contributed by atoms with Crippen LogP contribution in [0.5, 0.6) is 0 Å². The van der Waals surface area contributed by atoms with E-state index in [0.717, 1.165) is 6.42 Å². The minimum atomic E-state index is -0.918. The fourth-order valence-corrected chi connectivity index (χ4v) is 1.92. The smallest absolute Gasteiger partial charge is 0.323 e. The molecule has 0 unspecified atom stereocenters. The van der Waals surface area contributed by atoms with Gasteiger partial charge >= 0.3 is 5.97 Å². The highest BCUT2D eigenvalue weighted by Crippen LogP contribution is 2.16. The average Bonchev–Trinajstić information content (AvgIpc) is 2.77. The first-order valence-corrected chi connectivity index (χ1v) is 6.73. The lowest BCUT2D eigenvalue weighted by Crippen LogP contribution is -2.50. The number of aliphatic carboxylic acids is 1. The predicted molar refractivity (Wildman–Crippen MR) is 70.6 cm³/mol. The molecule has 0 spiro atoms. The third-order valence-electron chi connectivity index (χ3n) is 3.29. The van der Waals surface area contributed by atoms with Crippen LogP contribution in [0.2, 0.25) is 0 Å². The Morgan fingerprint density at radius 3 is 2.53 bits per heavy atom. The van der Waals surface area contributed by atoms with Gasteiger partial charge in [0.2, 0.25) is 5.89 Å². The first-order chi connectivity index (χ1) is 8.93. The Labute approximate surface area is 113 Å². The molecule has 0 fully saturated rings. The van der Waals surface area contributed by atoms with Crippen LogP contribution < -0.4 is 5.32 Å². The number of nitrogens with zero attached hydrogens (tertiary/aromatic N) is 2. The van der Waals surface area contributed by atoms with Gasteiger partial charge in [0.1, 0.15) is 5.54 Å². The molecule has 2 N–H and O–H groups in total. The summed E-state index contributed by atoms with van der Waals surface area (Å²) in [5.74, 6) is 0.706.